The molecule has 0 unspecified atom stereocenters. The molecule has 1 aromatic carbocycles. The predicted molar refractivity (Wildman–Crippen MR) is 78.5 cm³/mol. The molecule has 0 saturated heterocycles. The van der Waals surface area contributed by atoms with Gasteiger partial charge in [0.05, 0.1) is 0 Å². The highest BCUT2D eigenvalue weighted by molar-refractivity contribution is 5.75. The molecular formula is C16H16F2N2O2. The van der Waals surface area contributed by atoms with Crippen molar-refractivity contribution >= 4 is 5.91 Å². The van der Waals surface area contributed by atoms with Gasteiger partial charge in [-0.05, 0) is 31.5 Å². The summed E-state index contributed by atoms with van der Waals surface area (Å²) in [6.45, 7) is 1.63. The molecule has 2 rings (SSSR count). The van der Waals surface area contributed by atoms with Crippen LogP contribution in [-0.4, -0.2) is 17.0 Å². The number of aromatic nitrogens is 1. The molecule has 0 saturated carbocycles. The largest absolute Gasteiger partial charge is 0.354 e. The molecule has 1 amide bonds. The van der Waals surface area contributed by atoms with E-state index in [9.17, 15) is 18.4 Å². The van der Waals surface area contributed by atoms with Crippen molar-refractivity contribution in [2.24, 2.45) is 0 Å². The second kappa shape index (κ2) is 6.98. The zero-order valence-electron chi connectivity index (χ0n) is 12.1. The first kappa shape index (κ1) is 15.9. The number of aryl methyl sites for hydroxylation is 1. The number of hydrogen-bond acceptors (Lipinski definition) is 2. The zero-order chi connectivity index (χ0) is 16.1. The van der Waals surface area contributed by atoms with Crippen LogP contribution >= 0.6 is 0 Å². The van der Waals surface area contributed by atoms with Crippen LogP contribution in [0.2, 0.25) is 0 Å². The molecule has 4 nitrogen and oxygen atoms in total. The molecule has 0 aliphatic rings. The maximum Gasteiger partial charge on any atom is 0.253 e. The van der Waals surface area contributed by atoms with E-state index in [1.165, 1.54) is 29.0 Å². The fraction of sp³-hybridized carbons (Fsp3) is 0.250. The third-order valence-corrected chi connectivity index (χ3v) is 3.28. The summed E-state index contributed by atoms with van der Waals surface area (Å²) in [5.41, 5.74) is 0.247. The molecule has 0 aliphatic heterocycles. The smallest absolute Gasteiger partial charge is 0.253 e. The van der Waals surface area contributed by atoms with Crippen LogP contribution in [-0.2, 0) is 17.8 Å². The molecule has 0 radical (unpaired) electrons. The van der Waals surface area contributed by atoms with Crippen molar-refractivity contribution in [1.29, 1.82) is 0 Å². The quantitative estimate of drug-likeness (QED) is 0.915. The highest BCUT2D eigenvalue weighted by atomic mass is 19.1. The van der Waals surface area contributed by atoms with Gasteiger partial charge in [-0.1, -0.05) is 12.1 Å². The van der Waals surface area contributed by atoms with Crippen molar-refractivity contribution in [3.8, 4) is 0 Å². The first-order valence-electron chi connectivity index (χ1n) is 6.84. The number of nitrogens with one attached hydrogen (secondary N) is 1. The van der Waals surface area contributed by atoms with Crippen molar-refractivity contribution in [2.75, 3.05) is 6.54 Å². The lowest BCUT2D eigenvalue weighted by atomic mass is 10.1. The fourth-order valence-corrected chi connectivity index (χ4v) is 2.09. The Bertz CT molecular complexity index is 721. The van der Waals surface area contributed by atoms with E-state index in [1.807, 2.05) is 0 Å². The Hall–Kier alpha value is -2.50. The third kappa shape index (κ3) is 3.78. The highest BCUT2D eigenvalue weighted by Crippen LogP contribution is 2.11. The van der Waals surface area contributed by atoms with Crippen LogP contribution in [0.15, 0.2) is 41.3 Å². The topological polar surface area (TPSA) is 51.1 Å². The summed E-state index contributed by atoms with van der Waals surface area (Å²) < 4.78 is 28.1. The van der Waals surface area contributed by atoms with Gasteiger partial charge in [-0.2, -0.15) is 0 Å². The first-order valence-corrected chi connectivity index (χ1v) is 6.84. The van der Waals surface area contributed by atoms with E-state index in [0.29, 0.717) is 5.56 Å². The van der Waals surface area contributed by atoms with Gasteiger partial charge in [0.15, 0.2) is 0 Å². The lowest BCUT2D eigenvalue weighted by molar-refractivity contribution is -0.121. The maximum absolute atomic E-state index is 13.4. The van der Waals surface area contributed by atoms with Gasteiger partial charge in [-0.25, -0.2) is 8.78 Å². The zero-order valence-corrected chi connectivity index (χ0v) is 12.1. The Kier molecular flexibility index (Phi) is 5.04. The summed E-state index contributed by atoms with van der Waals surface area (Å²) in [6, 6.07) is 6.98. The summed E-state index contributed by atoms with van der Waals surface area (Å²) in [7, 11) is 0. The summed E-state index contributed by atoms with van der Waals surface area (Å²) in [5, 5.41) is 2.55. The van der Waals surface area contributed by atoms with Crippen LogP contribution in [0, 0.1) is 18.6 Å². The van der Waals surface area contributed by atoms with Crippen LogP contribution in [0.1, 0.15) is 11.1 Å². The van der Waals surface area contributed by atoms with Crippen LogP contribution < -0.4 is 10.9 Å². The first-order chi connectivity index (χ1) is 10.5. The summed E-state index contributed by atoms with van der Waals surface area (Å²) in [6.07, 6.45) is 1.57. The average molecular weight is 306 g/mol. The van der Waals surface area contributed by atoms with Crippen LogP contribution in [0.3, 0.4) is 0 Å². The predicted octanol–water partition coefficient (Wildman–Crippen LogP) is 1.79. The number of carbonyl (C=O) groups is 1. The molecule has 1 aromatic heterocycles. The van der Waals surface area contributed by atoms with Gasteiger partial charge in [0.1, 0.15) is 18.2 Å². The van der Waals surface area contributed by atoms with E-state index in [4.69, 9.17) is 0 Å². The van der Waals surface area contributed by atoms with E-state index in [2.05, 4.69) is 5.32 Å². The molecule has 116 valence electrons. The monoisotopic (exact) mass is 306 g/mol. The summed E-state index contributed by atoms with van der Waals surface area (Å²) in [5.74, 6) is -1.65. The second-order valence-electron chi connectivity index (χ2n) is 4.92. The SMILES string of the molecule is Cc1cccn(CC(=O)NCCc2c(F)cccc2F)c1=O. The van der Waals surface area contributed by atoms with E-state index in [-0.39, 0.29) is 36.5 Å². The lowest BCUT2D eigenvalue weighted by Crippen LogP contribution is -2.33. The Morgan fingerprint density at radius 3 is 2.55 bits per heavy atom. The Morgan fingerprint density at radius 2 is 1.86 bits per heavy atom. The number of amides is 1. The van der Waals surface area contributed by atoms with Crippen molar-refractivity contribution < 1.29 is 13.6 Å². The minimum absolute atomic E-state index is 0.0486. The summed E-state index contributed by atoms with van der Waals surface area (Å²) in [4.78, 5) is 23.6. The number of pyridine rings is 1. The van der Waals surface area contributed by atoms with Crippen LogP contribution in [0.4, 0.5) is 8.78 Å². The third-order valence-electron chi connectivity index (χ3n) is 3.28. The maximum atomic E-state index is 13.4. The standard InChI is InChI=1S/C16H16F2N2O2/c1-11-4-3-9-20(16(11)22)10-15(21)19-8-7-12-13(17)5-2-6-14(12)18/h2-6,9H,7-8,10H2,1H3,(H,19,21). The lowest BCUT2D eigenvalue weighted by Gasteiger charge is -2.09. The number of carbonyl (C=O) groups excluding carboxylic acids is 1. The highest BCUT2D eigenvalue weighted by Gasteiger charge is 2.09. The molecule has 1 N–H and O–H groups in total. The fourth-order valence-electron chi connectivity index (χ4n) is 2.09. The molecule has 0 aliphatic carbocycles. The number of rotatable bonds is 5. The van der Waals surface area contributed by atoms with Crippen LogP contribution in [0.5, 0.6) is 0 Å². The molecule has 6 heteroatoms. The molecule has 1 heterocycles. The van der Waals surface area contributed by atoms with Crippen molar-refractivity contribution in [2.45, 2.75) is 19.9 Å². The molecule has 0 spiro atoms. The average Bonchev–Trinajstić information content (AvgIpc) is 2.47. The Morgan fingerprint density at radius 1 is 1.18 bits per heavy atom. The van der Waals surface area contributed by atoms with Gasteiger partial charge in [0.2, 0.25) is 5.91 Å². The van der Waals surface area contributed by atoms with E-state index in [0.717, 1.165) is 0 Å². The molecular weight excluding hydrogens is 290 g/mol. The van der Waals surface area contributed by atoms with Crippen LogP contribution in [0.25, 0.3) is 0 Å². The number of nitrogens with zero attached hydrogens (tertiary/aromatic N) is 1. The summed E-state index contributed by atoms with van der Waals surface area (Å²) >= 11 is 0. The molecule has 0 fully saturated rings. The van der Waals surface area contributed by atoms with Crippen molar-refractivity contribution in [1.82, 2.24) is 9.88 Å². The molecule has 0 atom stereocenters. The van der Waals surface area contributed by atoms with E-state index >= 15 is 0 Å². The van der Waals surface area contributed by atoms with E-state index < -0.39 is 11.6 Å². The molecule has 0 bridgehead atoms. The van der Waals surface area contributed by atoms with Gasteiger partial charge < -0.3 is 9.88 Å². The van der Waals surface area contributed by atoms with Gasteiger partial charge in [-0.15, -0.1) is 0 Å². The van der Waals surface area contributed by atoms with Gasteiger partial charge in [-0.3, -0.25) is 9.59 Å². The van der Waals surface area contributed by atoms with Gasteiger partial charge in [0.25, 0.3) is 5.56 Å². The molecule has 22 heavy (non-hydrogen) atoms. The van der Waals surface area contributed by atoms with Crippen molar-refractivity contribution in [3.63, 3.8) is 0 Å². The van der Waals surface area contributed by atoms with Gasteiger partial charge in [0, 0.05) is 23.9 Å². The number of hydrogen-bond donors (Lipinski definition) is 1. The molecule has 2 aromatic rings. The second-order valence-corrected chi connectivity index (χ2v) is 4.92. The Balaban J connectivity index is 1.91. The minimum atomic E-state index is -0.635. The minimum Gasteiger partial charge on any atom is -0.354 e. The Labute approximate surface area is 126 Å². The van der Waals surface area contributed by atoms with Crippen molar-refractivity contribution in [3.05, 3.63) is 69.6 Å². The van der Waals surface area contributed by atoms with E-state index in [1.54, 1.807) is 19.1 Å². The normalized spacial score (nSPS) is 10.5. The number of halogens is 2. The van der Waals surface area contributed by atoms with Gasteiger partial charge >= 0.3 is 0 Å². The number of benzene rings is 1.